The molecule has 0 aliphatic carbocycles. The molecule has 3 heterocycles. The van der Waals surface area contributed by atoms with Crippen LogP contribution in [0.5, 0.6) is 0 Å². The van der Waals surface area contributed by atoms with Gasteiger partial charge in [0.2, 0.25) is 5.91 Å². The summed E-state index contributed by atoms with van der Waals surface area (Å²) >= 11 is 1.39. The van der Waals surface area contributed by atoms with Crippen LogP contribution in [-0.2, 0) is 17.6 Å². The number of benzene rings is 1. The molecule has 0 aliphatic heterocycles. The molecule has 1 N–H and O–H groups in total. The lowest BCUT2D eigenvalue weighted by atomic mass is 10.1. The molecule has 4 rings (SSSR count). The number of thiazole rings is 1. The number of nitrogens with zero attached hydrogens (tertiary/aromatic N) is 2. The number of carbonyl (C=O) groups is 1. The third kappa shape index (κ3) is 3.36. The second-order valence-electron chi connectivity index (χ2n) is 5.92. The maximum Gasteiger partial charge on any atom is 0.230 e. The minimum Gasteiger partial charge on any atom is -0.464 e. The van der Waals surface area contributed by atoms with Crippen LogP contribution in [0, 0.1) is 0 Å². The number of aryl methyl sites for hydroxylation is 1. The van der Waals surface area contributed by atoms with Crippen LogP contribution in [0.3, 0.4) is 0 Å². The Labute approximate surface area is 154 Å². The molecule has 0 spiro atoms. The number of anilines is 1. The maximum absolute atomic E-state index is 12.4. The van der Waals surface area contributed by atoms with Crippen molar-refractivity contribution in [1.82, 2.24) is 9.97 Å². The second-order valence-corrected chi connectivity index (χ2v) is 6.78. The summed E-state index contributed by atoms with van der Waals surface area (Å²) in [6.45, 7) is 2.10. The highest BCUT2D eigenvalue weighted by molar-refractivity contribution is 7.14. The summed E-state index contributed by atoms with van der Waals surface area (Å²) in [4.78, 5) is 21.1. The van der Waals surface area contributed by atoms with Gasteiger partial charge in [-0.25, -0.2) is 4.98 Å². The van der Waals surface area contributed by atoms with Crippen molar-refractivity contribution < 1.29 is 9.21 Å². The standard InChI is InChI=1S/C20H17N3O2S/c1-2-13-6-7-15-14(11-25-18(15)9-13)10-19(24)23-20-22-17(12-26-20)16-5-3-4-8-21-16/h3-9,11-12H,2,10H2,1H3,(H,22,23,24). The highest BCUT2D eigenvalue weighted by atomic mass is 32.1. The fourth-order valence-electron chi connectivity index (χ4n) is 2.78. The van der Waals surface area contributed by atoms with Gasteiger partial charge in [-0.2, -0.15) is 0 Å². The molecular formula is C20H17N3O2S. The molecule has 0 atom stereocenters. The molecule has 130 valence electrons. The van der Waals surface area contributed by atoms with E-state index in [4.69, 9.17) is 4.42 Å². The van der Waals surface area contributed by atoms with E-state index in [1.807, 2.05) is 35.7 Å². The molecule has 3 aromatic heterocycles. The van der Waals surface area contributed by atoms with Crippen LogP contribution in [0.1, 0.15) is 18.1 Å². The zero-order valence-electron chi connectivity index (χ0n) is 14.2. The van der Waals surface area contributed by atoms with E-state index in [1.54, 1.807) is 12.5 Å². The monoisotopic (exact) mass is 363 g/mol. The van der Waals surface area contributed by atoms with Crippen LogP contribution in [0.4, 0.5) is 5.13 Å². The van der Waals surface area contributed by atoms with Crippen LogP contribution in [0.2, 0.25) is 0 Å². The van der Waals surface area contributed by atoms with Crippen LogP contribution in [0.25, 0.3) is 22.4 Å². The molecule has 0 saturated heterocycles. The van der Waals surface area contributed by atoms with E-state index in [0.29, 0.717) is 5.13 Å². The van der Waals surface area contributed by atoms with Gasteiger partial charge in [-0.15, -0.1) is 11.3 Å². The summed E-state index contributed by atoms with van der Waals surface area (Å²) in [6.07, 6.45) is 4.58. The van der Waals surface area contributed by atoms with E-state index < -0.39 is 0 Å². The van der Waals surface area contributed by atoms with Gasteiger partial charge in [-0.1, -0.05) is 25.1 Å². The van der Waals surface area contributed by atoms with Crippen LogP contribution < -0.4 is 5.32 Å². The molecule has 0 radical (unpaired) electrons. The summed E-state index contributed by atoms with van der Waals surface area (Å²) in [5, 5.41) is 6.29. The van der Waals surface area contributed by atoms with Crippen LogP contribution >= 0.6 is 11.3 Å². The summed E-state index contributed by atoms with van der Waals surface area (Å²) in [6, 6.07) is 11.8. The highest BCUT2D eigenvalue weighted by Crippen LogP contribution is 2.25. The van der Waals surface area contributed by atoms with Gasteiger partial charge in [0, 0.05) is 22.5 Å². The van der Waals surface area contributed by atoms with Crippen LogP contribution in [-0.4, -0.2) is 15.9 Å². The first-order chi connectivity index (χ1) is 12.7. The second kappa shape index (κ2) is 7.09. The Kier molecular flexibility index (Phi) is 4.50. The Morgan fingerprint density at radius 2 is 2.15 bits per heavy atom. The topological polar surface area (TPSA) is 68.0 Å². The third-order valence-corrected chi connectivity index (χ3v) is 4.91. The number of hydrogen-bond donors (Lipinski definition) is 1. The fourth-order valence-corrected chi connectivity index (χ4v) is 3.50. The molecule has 1 aromatic carbocycles. The number of fused-ring (bicyclic) bond motifs is 1. The van der Waals surface area contributed by atoms with Gasteiger partial charge < -0.3 is 9.73 Å². The number of carbonyl (C=O) groups excluding carboxylic acids is 1. The SMILES string of the molecule is CCc1ccc2c(CC(=O)Nc3nc(-c4ccccn4)cs3)coc2c1. The number of rotatable bonds is 5. The summed E-state index contributed by atoms with van der Waals surface area (Å²) in [5.74, 6) is -0.116. The average molecular weight is 363 g/mol. The van der Waals surface area contributed by atoms with E-state index in [-0.39, 0.29) is 12.3 Å². The lowest BCUT2D eigenvalue weighted by Gasteiger charge is -2.01. The van der Waals surface area contributed by atoms with E-state index in [2.05, 4.69) is 28.3 Å². The number of nitrogens with one attached hydrogen (secondary N) is 1. The molecule has 26 heavy (non-hydrogen) atoms. The van der Waals surface area contributed by atoms with Crippen molar-refractivity contribution in [2.45, 2.75) is 19.8 Å². The predicted octanol–water partition coefficient (Wildman–Crippen LogP) is 4.69. The normalized spacial score (nSPS) is 11.0. The number of amides is 1. The van der Waals surface area contributed by atoms with E-state index in [1.165, 1.54) is 16.9 Å². The van der Waals surface area contributed by atoms with Crippen molar-refractivity contribution in [3.63, 3.8) is 0 Å². The van der Waals surface area contributed by atoms with E-state index in [9.17, 15) is 4.79 Å². The van der Waals surface area contributed by atoms with Gasteiger partial charge in [-0.05, 0) is 30.2 Å². The van der Waals surface area contributed by atoms with Gasteiger partial charge in [-0.3, -0.25) is 9.78 Å². The quantitative estimate of drug-likeness (QED) is 0.558. The minimum atomic E-state index is -0.116. The number of hydrogen-bond acceptors (Lipinski definition) is 5. The molecular weight excluding hydrogens is 346 g/mol. The molecule has 4 aromatic rings. The lowest BCUT2D eigenvalue weighted by Crippen LogP contribution is -2.14. The predicted molar refractivity (Wildman–Crippen MR) is 103 cm³/mol. The summed E-state index contributed by atoms with van der Waals surface area (Å²) < 4.78 is 5.60. The van der Waals surface area contributed by atoms with E-state index in [0.717, 1.165) is 34.3 Å². The smallest absolute Gasteiger partial charge is 0.230 e. The summed E-state index contributed by atoms with van der Waals surface area (Å²) in [5.41, 5.74) is 4.46. The zero-order valence-corrected chi connectivity index (χ0v) is 15.0. The van der Waals surface area contributed by atoms with E-state index >= 15 is 0 Å². The molecule has 5 nitrogen and oxygen atoms in total. The molecule has 0 unspecified atom stereocenters. The fraction of sp³-hybridized carbons (Fsp3) is 0.150. The first kappa shape index (κ1) is 16.5. The molecule has 0 bridgehead atoms. The summed E-state index contributed by atoms with van der Waals surface area (Å²) in [7, 11) is 0. The van der Waals surface area contributed by atoms with Gasteiger partial charge in [0.15, 0.2) is 5.13 Å². The van der Waals surface area contributed by atoms with Crippen molar-refractivity contribution in [2.75, 3.05) is 5.32 Å². The lowest BCUT2D eigenvalue weighted by molar-refractivity contribution is -0.115. The first-order valence-electron chi connectivity index (χ1n) is 8.38. The largest absolute Gasteiger partial charge is 0.464 e. The Balaban J connectivity index is 1.47. The number of pyridine rings is 1. The van der Waals surface area contributed by atoms with Gasteiger partial charge in [0.1, 0.15) is 11.3 Å². The highest BCUT2D eigenvalue weighted by Gasteiger charge is 2.13. The van der Waals surface area contributed by atoms with Gasteiger partial charge in [0.25, 0.3) is 0 Å². The maximum atomic E-state index is 12.4. The van der Waals surface area contributed by atoms with Crippen molar-refractivity contribution in [2.24, 2.45) is 0 Å². The zero-order chi connectivity index (χ0) is 17.9. The number of furan rings is 1. The molecule has 1 amide bonds. The van der Waals surface area contributed by atoms with Crippen molar-refractivity contribution >= 4 is 33.3 Å². The first-order valence-corrected chi connectivity index (χ1v) is 9.26. The molecule has 0 saturated carbocycles. The minimum absolute atomic E-state index is 0.116. The van der Waals surface area contributed by atoms with Crippen molar-refractivity contribution in [3.8, 4) is 11.4 Å². The van der Waals surface area contributed by atoms with Crippen molar-refractivity contribution in [3.05, 3.63) is 65.4 Å². The van der Waals surface area contributed by atoms with Crippen molar-refractivity contribution in [1.29, 1.82) is 0 Å². The Morgan fingerprint density at radius 3 is 2.96 bits per heavy atom. The molecule has 0 fully saturated rings. The van der Waals surface area contributed by atoms with Gasteiger partial charge in [0.05, 0.1) is 18.4 Å². The Bertz CT molecular complexity index is 1050. The van der Waals surface area contributed by atoms with Crippen LogP contribution in [0.15, 0.2) is 58.7 Å². The Morgan fingerprint density at radius 1 is 1.23 bits per heavy atom. The molecule has 0 aliphatic rings. The third-order valence-electron chi connectivity index (χ3n) is 4.16. The average Bonchev–Trinajstić information content (AvgIpc) is 3.29. The molecule has 6 heteroatoms. The van der Waals surface area contributed by atoms with Gasteiger partial charge >= 0.3 is 0 Å². The number of aromatic nitrogens is 2. The Hall–Kier alpha value is -2.99.